The number of hydrogen-bond donors (Lipinski definition) is 0. The van der Waals surface area contributed by atoms with Crippen molar-refractivity contribution in [2.75, 3.05) is 0 Å². The molecule has 0 aliphatic rings. The summed E-state index contributed by atoms with van der Waals surface area (Å²) in [7, 11) is 0. The van der Waals surface area contributed by atoms with Crippen LogP contribution in [0, 0.1) is 10.8 Å². The van der Waals surface area contributed by atoms with E-state index >= 15 is 0 Å². The van der Waals surface area contributed by atoms with E-state index in [0.29, 0.717) is 22.3 Å². The van der Waals surface area contributed by atoms with Gasteiger partial charge in [-0.2, -0.15) is 0 Å². The van der Waals surface area contributed by atoms with Crippen molar-refractivity contribution in [1.82, 2.24) is 0 Å². The molecule has 2 atom stereocenters. The maximum atomic E-state index is 14.9. The molecule has 0 aliphatic carbocycles. The molecule has 4 aromatic carbocycles. The molecule has 3 nitrogen and oxygen atoms in total. The first kappa shape index (κ1) is 28.2. The van der Waals surface area contributed by atoms with E-state index in [2.05, 4.69) is 0 Å². The minimum absolute atomic E-state index is 0.188. The van der Waals surface area contributed by atoms with Crippen molar-refractivity contribution < 1.29 is 14.3 Å². The standard InChI is InChI=1S/C36H38O3/c1-33(2,3)35(29-23-15-9-16-24-29,31(37)27-19-11-7-12-20-27)39-36(34(4,5)6,30-25-17-10-18-26-30)32(38)28-21-13-8-14-22-28/h7-26H,1-6H3. The lowest BCUT2D eigenvalue weighted by molar-refractivity contribution is -0.201. The summed E-state index contributed by atoms with van der Waals surface area (Å²) in [6.45, 7) is 12.0. The van der Waals surface area contributed by atoms with Gasteiger partial charge in [0.1, 0.15) is 0 Å². The van der Waals surface area contributed by atoms with E-state index in [1.54, 1.807) is 0 Å². The van der Waals surface area contributed by atoms with E-state index in [0.717, 1.165) is 0 Å². The molecule has 200 valence electrons. The molecule has 0 amide bonds. The average molecular weight is 519 g/mol. The molecule has 0 N–H and O–H groups in total. The second-order valence-electron chi connectivity index (χ2n) is 12.1. The van der Waals surface area contributed by atoms with E-state index in [9.17, 15) is 9.59 Å². The highest BCUT2D eigenvalue weighted by molar-refractivity contribution is 6.06. The van der Waals surface area contributed by atoms with E-state index in [1.165, 1.54) is 0 Å². The largest absolute Gasteiger partial charge is 0.342 e. The predicted octanol–water partition coefficient (Wildman–Crippen LogP) is 8.65. The van der Waals surface area contributed by atoms with Crippen LogP contribution in [0.4, 0.5) is 0 Å². The Morgan fingerprint density at radius 3 is 0.949 bits per heavy atom. The highest BCUT2D eigenvalue weighted by Gasteiger charge is 2.61. The Morgan fingerprint density at radius 1 is 0.436 bits per heavy atom. The maximum Gasteiger partial charge on any atom is 0.199 e. The molecule has 3 heteroatoms. The zero-order valence-corrected chi connectivity index (χ0v) is 23.8. The van der Waals surface area contributed by atoms with Gasteiger partial charge in [-0.15, -0.1) is 0 Å². The van der Waals surface area contributed by atoms with Gasteiger partial charge in [0, 0.05) is 22.0 Å². The van der Waals surface area contributed by atoms with Crippen molar-refractivity contribution in [1.29, 1.82) is 0 Å². The third-order valence-corrected chi connectivity index (χ3v) is 7.49. The van der Waals surface area contributed by atoms with Crippen molar-refractivity contribution in [3.05, 3.63) is 144 Å². The molecule has 39 heavy (non-hydrogen) atoms. The van der Waals surface area contributed by atoms with Gasteiger partial charge >= 0.3 is 0 Å². The van der Waals surface area contributed by atoms with Crippen LogP contribution >= 0.6 is 0 Å². The fourth-order valence-electron chi connectivity index (χ4n) is 5.49. The normalized spacial score (nSPS) is 15.1. The number of carbonyl (C=O) groups is 2. The molecule has 0 heterocycles. The number of hydrogen-bond acceptors (Lipinski definition) is 3. The summed E-state index contributed by atoms with van der Waals surface area (Å²) in [5.41, 5.74) is -2.05. The lowest BCUT2D eigenvalue weighted by atomic mass is 9.64. The van der Waals surface area contributed by atoms with Crippen molar-refractivity contribution in [3.63, 3.8) is 0 Å². The van der Waals surface area contributed by atoms with Gasteiger partial charge < -0.3 is 4.74 Å². The second-order valence-corrected chi connectivity index (χ2v) is 12.1. The third kappa shape index (κ3) is 4.99. The smallest absolute Gasteiger partial charge is 0.199 e. The summed E-state index contributed by atoms with van der Waals surface area (Å²) in [6, 6.07) is 37.7. The van der Waals surface area contributed by atoms with E-state index < -0.39 is 22.0 Å². The SMILES string of the molecule is CC(C)(C)C(OC(C(=O)c1ccccc1)(c1ccccc1)C(C)(C)C)(C(=O)c1ccccc1)c1ccccc1. The number of Topliss-reactive ketones (excluding diaryl/α,β-unsaturated/α-hetero) is 2. The lowest BCUT2D eigenvalue weighted by Gasteiger charge is -2.53. The van der Waals surface area contributed by atoms with Crippen LogP contribution in [0.1, 0.15) is 73.4 Å². The van der Waals surface area contributed by atoms with Gasteiger partial charge in [-0.3, -0.25) is 9.59 Å². The summed E-state index contributed by atoms with van der Waals surface area (Å²) < 4.78 is 7.46. The van der Waals surface area contributed by atoms with Crippen LogP contribution in [-0.4, -0.2) is 11.6 Å². The van der Waals surface area contributed by atoms with Gasteiger partial charge in [-0.25, -0.2) is 0 Å². The Kier molecular flexibility index (Phi) is 7.77. The summed E-state index contributed by atoms with van der Waals surface area (Å²) in [5.74, 6) is -0.376. The molecule has 4 rings (SSSR count). The predicted molar refractivity (Wildman–Crippen MR) is 158 cm³/mol. The van der Waals surface area contributed by atoms with Crippen molar-refractivity contribution >= 4 is 11.6 Å². The molecular formula is C36H38O3. The first-order valence-electron chi connectivity index (χ1n) is 13.5. The van der Waals surface area contributed by atoms with Gasteiger partial charge in [0.05, 0.1) is 0 Å². The Morgan fingerprint density at radius 2 is 0.692 bits per heavy atom. The molecule has 0 aliphatic heterocycles. The third-order valence-electron chi connectivity index (χ3n) is 7.49. The quantitative estimate of drug-likeness (QED) is 0.219. The number of benzene rings is 4. The van der Waals surface area contributed by atoms with Crippen LogP contribution in [0.15, 0.2) is 121 Å². The summed E-state index contributed by atoms with van der Waals surface area (Å²) in [6.07, 6.45) is 0. The molecule has 0 saturated heterocycles. The Bertz CT molecular complexity index is 1290. The van der Waals surface area contributed by atoms with Crippen LogP contribution in [0.25, 0.3) is 0 Å². The average Bonchev–Trinajstić information content (AvgIpc) is 2.94. The number of ether oxygens (including phenoxy) is 1. The minimum atomic E-state index is -1.51. The van der Waals surface area contributed by atoms with Crippen molar-refractivity contribution in [2.45, 2.75) is 52.7 Å². The first-order chi connectivity index (χ1) is 18.4. The van der Waals surface area contributed by atoms with Gasteiger partial charge in [0.15, 0.2) is 22.8 Å². The van der Waals surface area contributed by atoms with Crippen LogP contribution in [-0.2, 0) is 15.9 Å². The second kappa shape index (κ2) is 10.7. The van der Waals surface area contributed by atoms with Crippen LogP contribution in [0.5, 0.6) is 0 Å². The van der Waals surface area contributed by atoms with Gasteiger partial charge in [-0.05, 0) is 11.1 Å². The fraction of sp³-hybridized carbons (Fsp3) is 0.278. The van der Waals surface area contributed by atoms with E-state index in [4.69, 9.17) is 4.74 Å². The number of rotatable bonds is 8. The molecular weight excluding hydrogens is 480 g/mol. The van der Waals surface area contributed by atoms with Crippen LogP contribution in [0.2, 0.25) is 0 Å². The molecule has 0 fully saturated rings. The topological polar surface area (TPSA) is 43.4 Å². The Balaban J connectivity index is 2.13. The molecule has 2 unspecified atom stereocenters. The molecule has 0 aromatic heterocycles. The van der Waals surface area contributed by atoms with Crippen LogP contribution in [0.3, 0.4) is 0 Å². The highest BCUT2D eigenvalue weighted by Crippen LogP contribution is 2.55. The number of carbonyl (C=O) groups excluding carboxylic acids is 2. The molecule has 0 spiro atoms. The Hall–Kier alpha value is -3.82. The van der Waals surface area contributed by atoms with Crippen molar-refractivity contribution in [3.8, 4) is 0 Å². The summed E-state index contributed by atoms with van der Waals surface area (Å²) >= 11 is 0. The highest BCUT2D eigenvalue weighted by atomic mass is 16.5. The lowest BCUT2D eigenvalue weighted by Crippen LogP contribution is -2.60. The molecule has 4 aromatic rings. The van der Waals surface area contributed by atoms with Gasteiger partial charge in [-0.1, -0.05) is 163 Å². The van der Waals surface area contributed by atoms with E-state index in [1.807, 2.05) is 163 Å². The number of ketones is 2. The zero-order valence-electron chi connectivity index (χ0n) is 23.8. The summed E-state index contributed by atoms with van der Waals surface area (Å²) in [4.78, 5) is 29.7. The fourth-order valence-corrected chi connectivity index (χ4v) is 5.49. The molecule has 0 radical (unpaired) electrons. The van der Waals surface area contributed by atoms with Crippen LogP contribution < -0.4 is 0 Å². The minimum Gasteiger partial charge on any atom is -0.342 e. The first-order valence-corrected chi connectivity index (χ1v) is 13.5. The van der Waals surface area contributed by atoms with Crippen molar-refractivity contribution in [2.24, 2.45) is 10.8 Å². The molecule has 0 bridgehead atoms. The monoisotopic (exact) mass is 518 g/mol. The Labute approximate surface area is 232 Å². The van der Waals surface area contributed by atoms with E-state index in [-0.39, 0.29) is 11.6 Å². The summed E-state index contributed by atoms with van der Waals surface area (Å²) in [5, 5.41) is 0. The van der Waals surface area contributed by atoms with Gasteiger partial charge in [0.2, 0.25) is 0 Å². The zero-order chi connectivity index (χ0) is 28.3. The maximum absolute atomic E-state index is 14.9. The van der Waals surface area contributed by atoms with Gasteiger partial charge in [0.25, 0.3) is 0 Å². The molecule has 0 saturated carbocycles.